The number of aryl methyl sites for hydroxylation is 1. The van der Waals surface area contributed by atoms with Crippen molar-refractivity contribution in [2.45, 2.75) is 13.5 Å². The second kappa shape index (κ2) is 3.18. The van der Waals surface area contributed by atoms with Gasteiger partial charge in [0.15, 0.2) is 0 Å². The molecule has 0 aliphatic heterocycles. The van der Waals surface area contributed by atoms with E-state index >= 15 is 0 Å². The van der Waals surface area contributed by atoms with Gasteiger partial charge < -0.3 is 5.73 Å². The molecule has 0 atom stereocenters. The predicted molar refractivity (Wildman–Crippen MR) is 52.6 cm³/mol. The summed E-state index contributed by atoms with van der Waals surface area (Å²) in [6.45, 7) is 2.65. The fourth-order valence-electron chi connectivity index (χ4n) is 1.09. The minimum atomic E-state index is 0.594. The van der Waals surface area contributed by atoms with Crippen molar-refractivity contribution in [1.82, 2.24) is 14.8 Å². The molecule has 0 spiro atoms. The molecule has 0 saturated carbocycles. The third-order valence-corrected chi connectivity index (χ3v) is 2.53. The summed E-state index contributed by atoms with van der Waals surface area (Å²) in [5, 5.41) is 7.14. The van der Waals surface area contributed by atoms with Crippen molar-refractivity contribution in [2.75, 3.05) is 5.73 Å². The summed E-state index contributed by atoms with van der Waals surface area (Å²) in [5.74, 6) is 0.594. The largest absolute Gasteiger partial charge is 0.382 e. The van der Waals surface area contributed by atoms with Gasteiger partial charge in [0.25, 0.3) is 0 Å². The Kier molecular flexibility index (Phi) is 2.02. The number of anilines is 1. The number of hydrogen-bond acceptors (Lipinski definition) is 4. The molecule has 4 nitrogen and oxygen atoms in total. The second-order valence-electron chi connectivity index (χ2n) is 2.82. The molecule has 2 heterocycles. The second-order valence-corrected chi connectivity index (χ2v) is 3.80. The molecule has 5 heteroatoms. The molecule has 0 radical (unpaired) electrons. The number of nitrogens with zero attached hydrogens (tertiary/aromatic N) is 3. The number of nitrogens with two attached hydrogens (primary N) is 1. The Bertz CT molecular complexity index is 371. The Morgan fingerprint density at radius 2 is 2.46 bits per heavy atom. The third-order valence-electron chi connectivity index (χ3n) is 1.76. The van der Waals surface area contributed by atoms with Crippen LogP contribution in [-0.2, 0) is 6.54 Å². The van der Waals surface area contributed by atoms with Crippen LogP contribution < -0.4 is 5.73 Å². The first-order valence-electron chi connectivity index (χ1n) is 3.93. The molecule has 2 N–H and O–H groups in total. The summed E-state index contributed by atoms with van der Waals surface area (Å²) in [6.07, 6.45) is 3.72. The number of nitrogen functional groups attached to an aromatic ring is 1. The minimum absolute atomic E-state index is 0.594. The molecule has 0 bridgehead atoms. The number of rotatable bonds is 2. The number of aromatic nitrogens is 3. The molecule has 0 aliphatic rings. The topological polar surface area (TPSA) is 56.7 Å². The molecule has 2 rings (SSSR count). The van der Waals surface area contributed by atoms with Crippen LogP contribution >= 0.6 is 11.3 Å². The van der Waals surface area contributed by atoms with Gasteiger partial charge in [-0.1, -0.05) is 0 Å². The summed E-state index contributed by atoms with van der Waals surface area (Å²) in [4.78, 5) is 4.17. The van der Waals surface area contributed by atoms with Gasteiger partial charge in [0, 0.05) is 23.3 Å². The first-order chi connectivity index (χ1) is 6.25. The molecule has 0 aliphatic carbocycles. The zero-order chi connectivity index (χ0) is 9.26. The van der Waals surface area contributed by atoms with E-state index in [1.807, 2.05) is 23.2 Å². The number of thiazole rings is 1. The highest BCUT2D eigenvalue weighted by molar-refractivity contribution is 7.09. The molecule has 0 amide bonds. The molecule has 0 unspecified atom stereocenters. The number of hydrogen-bond donors (Lipinski definition) is 1. The first kappa shape index (κ1) is 8.25. The fraction of sp³-hybridized carbons (Fsp3) is 0.250. The van der Waals surface area contributed by atoms with Crippen LogP contribution in [0.1, 0.15) is 10.6 Å². The maximum Gasteiger partial charge on any atom is 0.148 e. The minimum Gasteiger partial charge on any atom is -0.382 e. The van der Waals surface area contributed by atoms with E-state index < -0.39 is 0 Å². The summed E-state index contributed by atoms with van der Waals surface area (Å²) in [5.41, 5.74) is 6.63. The van der Waals surface area contributed by atoms with Gasteiger partial charge in [0.2, 0.25) is 0 Å². The van der Waals surface area contributed by atoms with E-state index in [0.717, 1.165) is 10.6 Å². The van der Waals surface area contributed by atoms with Gasteiger partial charge in [0.05, 0.1) is 6.54 Å². The van der Waals surface area contributed by atoms with E-state index in [0.29, 0.717) is 12.4 Å². The quantitative estimate of drug-likeness (QED) is 0.783. The highest BCUT2D eigenvalue weighted by Gasteiger charge is 2.02. The summed E-state index contributed by atoms with van der Waals surface area (Å²) in [7, 11) is 0. The van der Waals surface area contributed by atoms with Crippen molar-refractivity contribution in [3.8, 4) is 0 Å². The van der Waals surface area contributed by atoms with Crippen LogP contribution in [0, 0.1) is 6.92 Å². The average Bonchev–Trinajstić information content (AvgIpc) is 2.64. The molecular weight excluding hydrogens is 184 g/mol. The Morgan fingerprint density at radius 1 is 1.62 bits per heavy atom. The van der Waals surface area contributed by atoms with Crippen LogP contribution in [0.25, 0.3) is 0 Å². The van der Waals surface area contributed by atoms with E-state index in [1.165, 1.54) is 0 Å². The zero-order valence-corrected chi connectivity index (χ0v) is 8.08. The van der Waals surface area contributed by atoms with Gasteiger partial charge in [0.1, 0.15) is 10.8 Å². The average molecular weight is 194 g/mol. The van der Waals surface area contributed by atoms with Gasteiger partial charge in [-0.15, -0.1) is 11.3 Å². The molecule has 0 saturated heterocycles. The Morgan fingerprint density at radius 3 is 3.00 bits per heavy atom. The smallest absolute Gasteiger partial charge is 0.148 e. The van der Waals surface area contributed by atoms with Gasteiger partial charge >= 0.3 is 0 Å². The summed E-state index contributed by atoms with van der Waals surface area (Å²) < 4.78 is 1.81. The normalized spacial score (nSPS) is 10.5. The van der Waals surface area contributed by atoms with Crippen LogP contribution in [0.15, 0.2) is 17.8 Å². The Labute approximate surface area is 80.0 Å². The van der Waals surface area contributed by atoms with Crippen LogP contribution in [0.4, 0.5) is 5.82 Å². The van der Waals surface area contributed by atoms with E-state index in [1.54, 1.807) is 17.5 Å². The van der Waals surface area contributed by atoms with Crippen molar-refractivity contribution < 1.29 is 0 Å². The molecular formula is C8H10N4S. The lowest BCUT2D eigenvalue weighted by atomic mass is 10.4. The van der Waals surface area contributed by atoms with E-state index in [9.17, 15) is 0 Å². The standard InChI is InChI=1S/C8H10N4S/c1-6-4-12(11-8(6)9)5-7-10-2-3-13-7/h2-4H,5H2,1H3,(H2,9,11). The van der Waals surface area contributed by atoms with Crippen molar-refractivity contribution >= 4 is 17.2 Å². The van der Waals surface area contributed by atoms with Crippen molar-refractivity contribution in [3.63, 3.8) is 0 Å². The van der Waals surface area contributed by atoms with Crippen LogP contribution in [-0.4, -0.2) is 14.8 Å². The van der Waals surface area contributed by atoms with E-state index in [4.69, 9.17) is 5.73 Å². The third kappa shape index (κ3) is 1.70. The van der Waals surface area contributed by atoms with Crippen LogP contribution in [0.2, 0.25) is 0 Å². The van der Waals surface area contributed by atoms with Crippen LogP contribution in [0.3, 0.4) is 0 Å². The van der Waals surface area contributed by atoms with E-state index in [2.05, 4.69) is 10.1 Å². The first-order valence-corrected chi connectivity index (χ1v) is 4.81. The van der Waals surface area contributed by atoms with Gasteiger partial charge in [-0.25, -0.2) is 4.98 Å². The fourth-order valence-corrected chi connectivity index (χ4v) is 1.69. The van der Waals surface area contributed by atoms with Crippen molar-refractivity contribution in [3.05, 3.63) is 28.3 Å². The van der Waals surface area contributed by atoms with Gasteiger partial charge in [-0.05, 0) is 6.92 Å². The molecule has 0 fully saturated rings. The van der Waals surface area contributed by atoms with Crippen molar-refractivity contribution in [1.29, 1.82) is 0 Å². The highest BCUT2D eigenvalue weighted by atomic mass is 32.1. The van der Waals surface area contributed by atoms with Gasteiger partial charge in [-0.3, -0.25) is 4.68 Å². The maximum atomic E-state index is 5.62. The monoisotopic (exact) mass is 194 g/mol. The lowest BCUT2D eigenvalue weighted by molar-refractivity contribution is 0.686. The molecule has 2 aromatic rings. The zero-order valence-electron chi connectivity index (χ0n) is 7.27. The summed E-state index contributed by atoms with van der Waals surface area (Å²) in [6, 6.07) is 0. The molecule has 68 valence electrons. The molecule has 13 heavy (non-hydrogen) atoms. The molecule has 0 aromatic carbocycles. The lowest BCUT2D eigenvalue weighted by Gasteiger charge is -1.94. The predicted octanol–water partition coefficient (Wildman–Crippen LogP) is 1.28. The van der Waals surface area contributed by atoms with Crippen molar-refractivity contribution in [2.24, 2.45) is 0 Å². The van der Waals surface area contributed by atoms with Gasteiger partial charge in [-0.2, -0.15) is 5.10 Å². The summed E-state index contributed by atoms with van der Waals surface area (Å²) >= 11 is 1.62. The van der Waals surface area contributed by atoms with Crippen LogP contribution in [0.5, 0.6) is 0 Å². The Balaban J connectivity index is 2.19. The highest BCUT2D eigenvalue weighted by Crippen LogP contribution is 2.10. The van der Waals surface area contributed by atoms with E-state index in [-0.39, 0.29) is 0 Å². The lowest BCUT2D eigenvalue weighted by Crippen LogP contribution is -2.00. The maximum absolute atomic E-state index is 5.62. The SMILES string of the molecule is Cc1cn(Cc2nccs2)nc1N. The molecule has 2 aromatic heterocycles. The Hall–Kier alpha value is -1.36.